The van der Waals surface area contributed by atoms with Gasteiger partial charge in [0.1, 0.15) is 16.6 Å². The SMILES string of the molecule is Cc1c(-c2nc3cc(CN4CC[C@@H](C(=O)O)C4)cc(C#N)c3o2)cccc1-c1cccc(-c2nc3c(s2)CN(C(=O)CN2CC[C@](C)(O)C2)C3)c1C. The molecule has 1 amide bonds. The topological polar surface area (TPSA) is 147 Å². The highest BCUT2D eigenvalue weighted by Crippen LogP contribution is 2.40. The van der Waals surface area contributed by atoms with Crippen LogP contribution in [0.4, 0.5) is 0 Å². The molecule has 2 fully saturated rings. The number of fused-ring (bicyclic) bond motifs is 2. The minimum atomic E-state index is -0.769. The lowest BCUT2D eigenvalue weighted by atomic mass is 9.91. The zero-order valence-corrected chi connectivity index (χ0v) is 30.3. The van der Waals surface area contributed by atoms with E-state index in [0.29, 0.717) is 81.2 Å². The molecule has 2 atom stereocenters. The van der Waals surface area contributed by atoms with Crippen LogP contribution in [-0.2, 0) is 29.2 Å². The molecule has 266 valence electrons. The summed E-state index contributed by atoms with van der Waals surface area (Å²) in [6.45, 7) is 10.3. The number of carbonyl (C=O) groups is 2. The predicted octanol–water partition coefficient (Wildman–Crippen LogP) is 5.98. The van der Waals surface area contributed by atoms with Crippen LogP contribution >= 0.6 is 11.3 Å². The fourth-order valence-corrected chi connectivity index (χ4v) is 9.10. The van der Waals surface area contributed by atoms with Gasteiger partial charge in [-0.3, -0.25) is 19.4 Å². The van der Waals surface area contributed by atoms with E-state index in [2.05, 4.69) is 49.1 Å². The van der Waals surface area contributed by atoms with E-state index in [-0.39, 0.29) is 11.8 Å². The number of oxazole rings is 1. The smallest absolute Gasteiger partial charge is 0.307 e. The average molecular weight is 717 g/mol. The first-order chi connectivity index (χ1) is 25.0. The van der Waals surface area contributed by atoms with Crippen LogP contribution in [0, 0.1) is 31.1 Å². The maximum atomic E-state index is 13.1. The van der Waals surface area contributed by atoms with Gasteiger partial charge >= 0.3 is 5.97 Å². The van der Waals surface area contributed by atoms with Crippen LogP contribution in [0.3, 0.4) is 0 Å². The molecule has 0 saturated carbocycles. The van der Waals surface area contributed by atoms with Crippen LogP contribution in [0.2, 0.25) is 0 Å². The largest absolute Gasteiger partial charge is 0.481 e. The van der Waals surface area contributed by atoms with Crippen molar-refractivity contribution >= 4 is 34.3 Å². The number of rotatable bonds is 8. The third-order valence-electron chi connectivity index (χ3n) is 10.8. The molecule has 2 aromatic heterocycles. The van der Waals surface area contributed by atoms with Crippen LogP contribution in [0.25, 0.3) is 44.3 Å². The minimum Gasteiger partial charge on any atom is -0.481 e. The van der Waals surface area contributed by atoms with Crippen molar-refractivity contribution in [2.24, 2.45) is 5.92 Å². The van der Waals surface area contributed by atoms with Gasteiger partial charge in [-0.05, 0) is 86.2 Å². The Labute approximate surface area is 305 Å². The maximum absolute atomic E-state index is 13.1. The molecule has 5 aromatic rings. The molecule has 0 unspecified atom stereocenters. The molecule has 12 heteroatoms. The zero-order valence-electron chi connectivity index (χ0n) is 29.5. The Morgan fingerprint density at radius 2 is 1.75 bits per heavy atom. The molecular weight excluding hydrogens is 677 g/mol. The first-order valence-electron chi connectivity index (χ1n) is 17.7. The first kappa shape index (κ1) is 34.2. The van der Waals surface area contributed by atoms with E-state index in [1.165, 1.54) is 0 Å². The lowest BCUT2D eigenvalue weighted by Gasteiger charge is -2.22. The van der Waals surface area contributed by atoms with E-state index in [1.54, 1.807) is 11.3 Å². The van der Waals surface area contributed by atoms with Gasteiger partial charge in [0.15, 0.2) is 5.58 Å². The molecule has 52 heavy (non-hydrogen) atoms. The number of carboxylic acids is 1. The summed E-state index contributed by atoms with van der Waals surface area (Å²) in [7, 11) is 0. The number of β-amino-alcohol motifs (C(OH)–C–C–N with tert-alkyl or cyclic N) is 1. The number of carboxylic acid groups (broad SMARTS) is 1. The minimum absolute atomic E-state index is 0.0685. The Kier molecular flexibility index (Phi) is 8.70. The third kappa shape index (κ3) is 6.39. The summed E-state index contributed by atoms with van der Waals surface area (Å²) in [4.78, 5) is 41.5. The molecule has 0 bridgehead atoms. The average Bonchev–Trinajstić information content (AvgIpc) is 3.94. The summed E-state index contributed by atoms with van der Waals surface area (Å²) < 4.78 is 6.28. The Hall–Kier alpha value is -4.93. The third-order valence-corrected chi connectivity index (χ3v) is 11.9. The Balaban J connectivity index is 1.03. The van der Waals surface area contributed by atoms with Crippen molar-refractivity contribution in [2.45, 2.75) is 58.8 Å². The van der Waals surface area contributed by atoms with E-state index in [9.17, 15) is 25.1 Å². The van der Waals surface area contributed by atoms with Crippen molar-refractivity contribution in [1.29, 1.82) is 5.26 Å². The standard InChI is InChI=1S/C40H40N6O5S/c1-23-28(6-4-8-30(23)37-42-32-15-25(14-27(16-41)36(32)51-37)17-44-12-10-26(18-44)39(48)49)29-7-5-9-31(24(29)2)38-43-33-19-46(20-34(33)52-38)35(47)21-45-13-11-40(3,50)22-45/h4-9,14-15,26,50H,10-13,17-22H2,1-3H3,(H,48,49)/t26-,40+/m1/s1. The summed E-state index contributed by atoms with van der Waals surface area (Å²) in [6, 6.07) is 18.3. The number of benzene rings is 3. The van der Waals surface area contributed by atoms with E-state index >= 15 is 0 Å². The van der Waals surface area contributed by atoms with Gasteiger partial charge in [0, 0.05) is 42.2 Å². The molecule has 8 rings (SSSR count). The molecule has 0 aliphatic carbocycles. The van der Waals surface area contributed by atoms with Crippen molar-refractivity contribution < 1.29 is 24.2 Å². The first-order valence-corrected chi connectivity index (χ1v) is 18.5. The van der Waals surface area contributed by atoms with Crippen LogP contribution in [-0.4, -0.2) is 85.1 Å². The second kappa shape index (κ2) is 13.2. The molecule has 0 spiro atoms. The normalized spacial score (nSPS) is 20.5. The fraction of sp³-hybridized carbons (Fsp3) is 0.375. The molecule has 3 aliphatic rings. The Morgan fingerprint density at radius 3 is 2.42 bits per heavy atom. The van der Waals surface area contributed by atoms with Crippen LogP contribution in [0.15, 0.2) is 52.9 Å². The van der Waals surface area contributed by atoms with E-state index < -0.39 is 11.6 Å². The number of thiazole rings is 1. The number of amides is 1. The molecule has 5 heterocycles. The second-order valence-electron chi connectivity index (χ2n) is 14.7. The predicted molar refractivity (Wildman–Crippen MR) is 197 cm³/mol. The van der Waals surface area contributed by atoms with E-state index in [4.69, 9.17) is 14.4 Å². The van der Waals surface area contributed by atoms with Gasteiger partial charge in [-0.25, -0.2) is 9.97 Å². The summed E-state index contributed by atoms with van der Waals surface area (Å²) in [5, 5.41) is 30.6. The van der Waals surface area contributed by atoms with Crippen molar-refractivity contribution in [3.63, 3.8) is 0 Å². The highest BCUT2D eigenvalue weighted by molar-refractivity contribution is 7.15. The maximum Gasteiger partial charge on any atom is 0.307 e. The zero-order chi connectivity index (χ0) is 36.3. The number of aliphatic carboxylic acids is 1. The monoisotopic (exact) mass is 716 g/mol. The number of carbonyl (C=O) groups excluding carboxylic acids is 1. The summed E-state index contributed by atoms with van der Waals surface area (Å²) in [6.07, 6.45) is 1.30. The van der Waals surface area contributed by atoms with Gasteiger partial charge in [0.2, 0.25) is 11.8 Å². The lowest BCUT2D eigenvalue weighted by Crippen LogP contribution is -2.38. The van der Waals surface area contributed by atoms with Crippen molar-refractivity contribution in [1.82, 2.24) is 24.7 Å². The molecule has 3 aromatic carbocycles. The highest BCUT2D eigenvalue weighted by Gasteiger charge is 2.35. The number of hydrogen-bond donors (Lipinski definition) is 2. The molecule has 11 nitrogen and oxygen atoms in total. The lowest BCUT2D eigenvalue weighted by molar-refractivity contribution is -0.141. The van der Waals surface area contributed by atoms with Gasteiger partial charge < -0.3 is 19.5 Å². The van der Waals surface area contributed by atoms with Gasteiger partial charge in [0.05, 0.1) is 42.4 Å². The number of nitriles is 1. The van der Waals surface area contributed by atoms with Crippen molar-refractivity contribution in [3.8, 4) is 39.2 Å². The number of nitrogens with zero attached hydrogens (tertiary/aromatic N) is 6. The van der Waals surface area contributed by atoms with Gasteiger partial charge in [0.25, 0.3) is 0 Å². The van der Waals surface area contributed by atoms with Gasteiger partial charge in [-0.1, -0.05) is 30.3 Å². The summed E-state index contributed by atoms with van der Waals surface area (Å²) in [5.74, 6) is -0.627. The molecule has 3 aliphatic heterocycles. The second-order valence-corrected chi connectivity index (χ2v) is 15.8. The van der Waals surface area contributed by atoms with E-state index in [0.717, 1.165) is 61.1 Å². The van der Waals surface area contributed by atoms with Crippen LogP contribution < -0.4 is 0 Å². The fourth-order valence-electron chi connectivity index (χ4n) is 7.93. The quantitative estimate of drug-likeness (QED) is 0.197. The van der Waals surface area contributed by atoms with Crippen LogP contribution in [0.5, 0.6) is 0 Å². The molecule has 2 N–H and O–H groups in total. The van der Waals surface area contributed by atoms with Gasteiger partial charge in [-0.2, -0.15) is 5.26 Å². The summed E-state index contributed by atoms with van der Waals surface area (Å²) >= 11 is 1.64. The van der Waals surface area contributed by atoms with Crippen LogP contribution in [0.1, 0.15) is 52.6 Å². The molecule has 2 saturated heterocycles. The number of aliphatic hydroxyl groups is 1. The van der Waals surface area contributed by atoms with Crippen molar-refractivity contribution in [3.05, 3.63) is 81.4 Å². The number of likely N-dealkylation sites (tertiary alicyclic amines) is 2. The van der Waals surface area contributed by atoms with Crippen molar-refractivity contribution in [2.75, 3.05) is 32.7 Å². The number of aromatic nitrogens is 2. The highest BCUT2D eigenvalue weighted by atomic mass is 32.1. The van der Waals surface area contributed by atoms with E-state index in [1.807, 2.05) is 41.0 Å². The number of hydrogen-bond acceptors (Lipinski definition) is 10. The Bertz CT molecular complexity index is 2260. The summed E-state index contributed by atoms with van der Waals surface area (Å²) in [5.41, 5.74) is 8.68. The molecule has 0 radical (unpaired) electrons. The van der Waals surface area contributed by atoms with Gasteiger partial charge in [-0.15, -0.1) is 11.3 Å². The Morgan fingerprint density at radius 1 is 1.02 bits per heavy atom. The molecular formula is C40H40N6O5S.